The maximum Gasteiger partial charge on any atom is 0.347 e. The van der Waals surface area contributed by atoms with Crippen molar-refractivity contribution in [1.29, 1.82) is 0 Å². The lowest BCUT2D eigenvalue weighted by atomic mass is 10.3. The van der Waals surface area contributed by atoms with Gasteiger partial charge in [-0.05, 0) is 12.1 Å². The van der Waals surface area contributed by atoms with Crippen molar-refractivity contribution in [2.45, 2.75) is 5.03 Å². The Labute approximate surface area is 109 Å². The van der Waals surface area contributed by atoms with Crippen molar-refractivity contribution in [2.24, 2.45) is 3.77 Å². The zero-order valence-corrected chi connectivity index (χ0v) is 11.8. The zero-order valence-electron chi connectivity index (χ0n) is 9.36. The van der Waals surface area contributed by atoms with Crippen LogP contribution >= 0.6 is 10.7 Å². The molecule has 18 heavy (non-hydrogen) atoms. The number of halogens is 1. The summed E-state index contributed by atoms with van der Waals surface area (Å²) in [7, 11) is -1.76. The molecule has 0 aliphatic heterocycles. The zero-order chi connectivity index (χ0) is 14.0. The normalized spacial score (nSPS) is 14.6. The average molecular weight is 313 g/mol. The molecule has 0 spiro atoms. The second-order valence-corrected chi connectivity index (χ2v) is 7.72. The number of pyridine rings is 1. The van der Waals surface area contributed by atoms with Crippen LogP contribution in [0.15, 0.2) is 27.1 Å². The summed E-state index contributed by atoms with van der Waals surface area (Å²) in [5.74, 6) is -0.796. The molecule has 1 atom stereocenters. The van der Waals surface area contributed by atoms with Crippen LogP contribution in [0.5, 0.6) is 0 Å². The van der Waals surface area contributed by atoms with Crippen molar-refractivity contribution in [3.63, 3.8) is 0 Å². The molecule has 0 radical (unpaired) electrons. The van der Waals surface area contributed by atoms with E-state index in [2.05, 4.69) is 13.5 Å². The van der Waals surface area contributed by atoms with Gasteiger partial charge in [0.15, 0.2) is 5.03 Å². The molecule has 1 aromatic rings. The molecule has 100 valence electrons. The Morgan fingerprint density at radius 3 is 2.56 bits per heavy atom. The third-order valence-electron chi connectivity index (χ3n) is 1.77. The molecule has 0 saturated heterocycles. The number of methoxy groups -OCH3 is 1. The minimum Gasteiger partial charge on any atom is -0.465 e. The van der Waals surface area contributed by atoms with Gasteiger partial charge in [0.2, 0.25) is 0 Å². The molecule has 0 aliphatic rings. The highest BCUT2D eigenvalue weighted by molar-refractivity contribution is 8.17. The van der Waals surface area contributed by atoms with Crippen molar-refractivity contribution in [2.75, 3.05) is 13.4 Å². The van der Waals surface area contributed by atoms with E-state index in [1.54, 1.807) is 0 Å². The summed E-state index contributed by atoms with van der Waals surface area (Å²) in [4.78, 5) is 15.1. The number of rotatable bonds is 3. The van der Waals surface area contributed by atoms with E-state index in [9.17, 15) is 17.4 Å². The molecule has 0 saturated carbocycles. The van der Waals surface area contributed by atoms with E-state index in [-0.39, 0.29) is 10.6 Å². The van der Waals surface area contributed by atoms with Gasteiger partial charge in [0, 0.05) is 23.1 Å². The molecule has 0 aliphatic carbocycles. The standard InChI is InChI=1S/C8H9ClN2O5S2/c1-16-8(12)6-4-3-5-10-7(6)17(2,13)11-18(9,14)15/h3-5H,1-2H3/t17-/m1/s1. The van der Waals surface area contributed by atoms with Gasteiger partial charge in [-0.3, -0.25) is 0 Å². The number of ether oxygens (including phenoxy) is 1. The first-order valence-electron chi connectivity index (χ1n) is 4.39. The average Bonchev–Trinajstić information content (AvgIpc) is 2.25. The summed E-state index contributed by atoms with van der Waals surface area (Å²) in [6, 6.07) is 2.72. The highest BCUT2D eigenvalue weighted by Crippen LogP contribution is 2.17. The highest BCUT2D eigenvalue weighted by Gasteiger charge is 2.21. The van der Waals surface area contributed by atoms with Gasteiger partial charge in [0.05, 0.1) is 12.7 Å². The Morgan fingerprint density at radius 2 is 2.06 bits per heavy atom. The SMILES string of the molecule is COC(=O)c1cccnc1[S@@](C)(=O)=NS(=O)(=O)Cl. The number of hydrogen-bond donors (Lipinski definition) is 0. The predicted molar refractivity (Wildman–Crippen MR) is 65.1 cm³/mol. The summed E-state index contributed by atoms with van der Waals surface area (Å²) in [5.41, 5.74) is -0.128. The maximum atomic E-state index is 12.1. The van der Waals surface area contributed by atoms with Gasteiger partial charge in [-0.15, -0.1) is 0 Å². The second kappa shape index (κ2) is 5.21. The molecule has 0 N–H and O–H groups in total. The number of hydrogen-bond acceptors (Lipinski definition) is 6. The van der Waals surface area contributed by atoms with Crippen LogP contribution in [-0.2, 0) is 23.7 Å². The Morgan fingerprint density at radius 1 is 1.44 bits per heavy atom. The molecule has 0 unspecified atom stereocenters. The topological polar surface area (TPSA) is 103 Å². The van der Waals surface area contributed by atoms with Gasteiger partial charge >= 0.3 is 15.2 Å². The fourth-order valence-electron chi connectivity index (χ4n) is 1.16. The van der Waals surface area contributed by atoms with Crippen LogP contribution < -0.4 is 0 Å². The lowest BCUT2D eigenvalue weighted by Crippen LogP contribution is -2.12. The van der Waals surface area contributed by atoms with Gasteiger partial charge < -0.3 is 4.74 Å². The maximum absolute atomic E-state index is 12.1. The summed E-state index contributed by atoms with van der Waals surface area (Å²) >= 11 is 0. The van der Waals surface area contributed by atoms with E-state index < -0.39 is 24.9 Å². The molecule has 0 aromatic carbocycles. The van der Waals surface area contributed by atoms with E-state index in [4.69, 9.17) is 10.7 Å². The molecule has 0 fully saturated rings. The van der Waals surface area contributed by atoms with Crippen LogP contribution in [0.1, 0.15) is 10.4 Å². The van der Waals surface area contributed by atoms with Crippen molar-refractivity contribution in [1.82, 2.24) is 4.98 Å². The van der Waals surface area contributed by atoms with Gasteiger partial charge in [-0.25, -0.2) is 14.0 Å². The molecule has 0 bridgehead atoms. The molecule has 7 nitrogen and oxygen atoms in total. The number of carbonyl (C=O) groups is 1. The lowest BCUT2D eigenvalue weighted by molar-refractivity contribution is 0.0595. The third kappa shape index (κ3) is 3.65. The van der Waals surface area contributed by atoms with Gasteiger partial charge in [-0.2, -0.15) is 8.42 Å². The minimum absolute atomic E-state index is 0.128. The van der Waals surface area contributed by atoms with Crippen molar-refractivity contribution < 1.29 is 22.2 Å². The van der Waals surface area contributed by atoms with E-state index in [1.807, 2.05) is 0 Å². The van der Waals surface area contributed by atoms with Crippen LogP contribution in [0, 0.1) is 0 Å². The monoisotopic (exact) mass is 312 g/mol. The summed E-state index contributed by atoms with van der Waals surface area (Å²) in [5, 5.41) is -0.291. The Balaban J connectivity index is 3.58. The first-order chi connectivity index (χ1) is 8.17. The summed E-state index contributed by atoms with van der Waals surface area (Å²) in [6.07, 6.45) is 2.27. The number of carbonyl (C=O) groups excluding carboxylic acids is 1. The van der Waals surface area contributed by atoms with E-state index in [0.29, 0.717) is 0 Å². The van der Waals surface area contributed by atoms with Crippen molar-refractivity contribution >= 4 is 35.6 Å². The van der Waals surface area contributed by atoms with Crippen LogP contribution in [0.3, 0.4) is 0 Å². The minimum atomic E-state index is -4.35. The van der Waals surface area contributed by atoms with Crippen LogP contribution in [0.4, 0.5) is 0 Å². The molecular formula is C8H9ClN2O5S2. The Bertz CT molecular complexity index is 691. The quantitative estimate of drug-likeness (QED) is 0.604. The fraction of sp³-hybridized carbons (Fsp3) is 0.250. The summed E-state index contributed by atoms with van der Waals surface area (Å²) in [6.45, 7) is 0. The van der Waals surface area contributed by atoms with Crippen molar-refractivity contribution in [3.8, 4) is 0 Å². The molecule has 1 aromatic heterocycles. The summed E-state index contributed by atoms with van der Waals surface area (Å²) < 4.78 is 41.3. The molecular weight excluding hydrogens is 304 g/mol. The van der Waals surface area contributed by atoms with Crippen LogP contribution in [0.25, 0.3) is 0 Å². The first-order valence-corrected chi connectivity index (χ1v) is 8.57. The Hall–Kier alpha value is -1.19. The van der Waals surface area contributed by atoms with E-state index in [0.717, 1.165) is 13.4 Å². The number of esters is 1. The van der Waals surface area contributed by atoms with Gasteiger partial charge in [-0.1, -0.05) is 3.77 Å². The molecule has 1 heterocycles. The largest absolute Gasteiger partial charge is 0.465 e. The predicted octanol–water partition coefficient (Wildman–Crippen LogP) is 0.808. The smallest absolute Gasteiger partial charge is 0.347 e. The Kier molecular flexibility index (Phi) is 4.30. The molecule has 0 amide bonds. The van der Waals surface area contributed by atoms with Crippen LogP contribution in [0.2, 0.25) is 0 Å². The first kappa shape index (κ1) is 14.9. The fourth-order valence-corrected chi connectivity index (χ4v) is 4.59. The third-order valence-corrected chi connectivity index (χ3v) is 5.17. The lowest BCUT2D eigenvalue weighted by Gasteiger charge is -2.07. The van der Waals surface area contributed by atoms with Crippen LogP contribution in [-0.4, -0.2) is 36.9 Å². The van der Waals surface area contributed by atoms with E-state index >= 15 is 0 Å². The van der Waals surface area contributed by atoms with Gasteiger partial charge in [0.25, 0.3) is 0 Å². The molecule has 10 heteroatoms. The number of nitrogens with zero attached hydrogens (tertiary/aromatic N) is 2. The van der Waals surface area contributed by atoms with E-state index in [1.165, 1.54) is 18.3 Å². The molecule has 1 rings (SSSR count). The van der Waals surface area contributed by atoms with Crippen molar-refractivity contribution in [3.05, 3.63) is 23.9 Å². The number of aromatic nitrogens is 1. The second-order valence-electron chi connectivity index (χ2n) is 3.14. The highest BCUT2D eigenvalue weighted by atomic mass is 35.7. The van der Waals surface area contributed by atoms with Gasteiger partial charge in [0.1, 0.15) is 9.73 Å².